The van der Waals surface area contributed by atoms with Crippen molar-refractivity contribution in [2.24, 2.45) is 0 Å². The lowest BCUT2D eigenvalue weighted by molar-refractivity contribution is 0.402. The van der Waals surface area contributed by atoms with Crippen molar-refractivity contribution in [3.63, 3.8) is 0 Å². The van der Waals surface area contributed by atoms with E-state index in [1.54, 1.807) is 37.3 Å². The number of benzene rings is 1. The summed E-state index contributed by atoms with van der Waals surface area (Å²) >= 11 is 0. The van der Waals surface area contributed by atoms with Crippen LogP contribution in [0.15, 0.2) is 62.8 Å². The van der Waals surface area contributed by atoms with Crippen LogP contribution >= 0.6 is 0 Å². The number of nitrogens with zero attached hydrogens (tertiary/aromatic N) is 2. The van der Waals surface area contributed by atoms with Gasteiger partial charge in [0.1, 0.15) is 16.3 Å². The third-order valence-corrected chi connectivity index (χ3v) is 5.35. The zero-order valence-electron chi connectivity index (χ0n) is 14.9. The Kier molecular flexibility index (Phi) is 5.43. The van der Waals surface area contributed by atoms with E-state index in [0.29, 0.717) is 11.5 Å². The number of methoxy groups -OCH3 is 1. The molecule has 0 unspecified atom stereocenters. The molecule has 0 atom stereocenters. The smallest absolute Gasteiger partial charge is 0.266 e. The Morgan fingerprint density at radius 1 is 1.22 bits per heavy atom. The Bertz CT molecular complexity index is 1090. The Labute approximate surface area is 156 Å². The number of ether oxygens (including phenoxy) is 1. The van der Waals surface area contributed by atoms with E-state index in [9.17, 15) is 13.2 Å². The standard InChI is InChI=1S/C18H19N3O5S/c1-13-5-7-16(25-2)17(12-13)27(23,24)19-9-10-21-18(22)8-6-14(20-21)15-4-3-11-26-15/h3-8,11-12,19H,9-10H2,1-2H3. The van der Waals surface area contributed by atoms with Gasteiger partial charge in [-0.3, -0.25) is 4.79 Å². The predicted octanol–water partition coefficient (Wildman–Crippen LogP) is 1.80. The van der Waals surface area contributed by atoms with Crippen molar-refractivity contribution >= 4 is 10.0 Å². The molecule has 0 spiro atoms. The molecule has 0 aliphatic rings. The van der Waals surface area contributed by atoms with Crippen LogP contribution in [0.2, 0.25) is 0 Å². The highest BCUT2D eigenvalue weighted by Crippen LogP contribution is 2.24. The van der Waals surface area contributed by atoms with Crippen molar-refractivity contribution in [3.05, 3.63) is 64.6 Å². The lowest BCUT2D eigenvalue weighted by Crippen LogP contribution is -2.32. The number of aryl methyl sites for hydroxylation is 1. The second-order valence-corrected chi connectivity index (χ2v) is 7.54. The van der Waals surface area contributed by atoms with E-state index in [0.717, 1.165) is 5.56 Å². The molecule has 0 aliphatic heterocycles. The highest BCUT2D eigenvalue weighted by Gasteiger charge is 2.19. The van der Waals surface area contributed by atoms with Gasteiger partial charge in [0.2, 0.25) is 10.0 Å². The van der Waals surface area contributed by atoms with Crippen LogP contribution in [0.4, 0.5) is 0 Å². The van der Waals surface area contributed by atoms with Gasteiger partial charge in [0, 0.05) is 12.6 Å². The molecule has 0 bridgehead atoms. The number of hydrogen-bond donors (Lipinski definition) is 1. The monoisotopic (exact) mass is 389 g/mol. The van der Waals surface area contributed by atoms with Crippen molar-refractivity contribution in [2.75, 3.05) is 13.7 Å². The van der Waals surface area contributed by atoms with Gasteiger partial charge in [-0.15, -0.1) is 0 Å². The fourth-order valence-corrected chi connectivity index (χ4v) is 3.80. The topological polar surface area (TPSA) is 103 Å². The maximum atomic E-state index is 12.6. The van der Waals surface area contributed by atoms with Crippen LogP contribution < -0.4 is 15.0 Å². The summed E-state index contributed by atoms with van der Waals surface area (Å²) in [5, 5.41) is 4.21. The Morgan fingerprint density at radius 2 is 2.04 bits per heavy atom. The van der Waals surface area contributed by atoms with Gasteiger partial charge in [0.05, 0.1) is 19.9 Å². The van der Waals surface area contributed by atoms with Crippen molar-refractivity contribution in [2.45, 2.75) is 18.4 Å². The van der Waals surface area contributed by atoms with Crippen molar-refractivity contribution < 1.29 is 17.6 Å². The van der Waals surface area contributed by atoms with E-state index >= 15 is 0 Å². The summed E-state index contributed by atoms with van der Waals surface area (Å²) in [4.78, 5) is 12.0. The Balaban J connectivity index is 1.76. The van der Waals surface area contributed by atoms with Crippen LogP contribution in [0.1, 0.15) is 5.56 Å². The number of sulfonamides is 1. The maximum Gasteiger partial charge on any atom is 0.266 e. The van der Waals surface area contributed by atoms with E-state index in [1.807, 2.05) is 0 Å². The quantitative estimate of drug-likeness (QED) is 0.661. The van der Waals surface area contributed by atoms with E-state index in [-0.39, 0.29) is 29.3 Å². The van der Waals surface area contributed by atoms with E-state index in [4.69, 9.17) is 9.15 Å². The van der Waals surface area contributed by atoms with Crippen molar-refractivity contribution in [1.29, 1.82) is 0 Å². The molecule has 27 heavy (non-hydrogen) atoms. The minimum Gasteiger partial charge on any atom is -0.495 e. The molecule has 3 rings (SSSR count). The SMILES string of the molecule is COc1ccc(C)cc1S(=O)(=O)NCCn1nc(-c2ccco2)ccc1=O. The highest BCUT2D eigenvalue weighted by atomic mass is 32.2. The molecule has 0 radical (unpaired) electrons. The summed E-state index contributed by atoms with van der Waals surface area (Å²) in [6.45, 7) is 1.86. The molecule has 3 aromatic rings. The average molecular weight is 389 g/mol. The number of hydrogen-bond acceptors (Lipinski definition) is 6. The van der Waals surface area contributed by atoms with Gasteiger partial charge in [0.25, 0.3) is 5.56 Å². The van der Waals surface area contributed by atoms with Crippen LogP contribution in [-0.2, 0) is 16.6 Å². The largest absolute Gasteiger partial charge is 0.495 e. The van der Waals surface area contributed by atoms with Gasteiger partial charge >= 0.3 is 0 Å². The molecule has 9 heteroatoms. The van der Waals surface area contributed by atoms with E-state index in [1.165, 1.54) is 30.2 Å². The van der Waals surface area contributed by atoms with Crippen LogP contribution in [-0.4, -0.2) is 31.9 Å². The van der Waals surface area contributed by atoms with Crippen molar-refractivity contribution in [3.8, 4) is 17.2 Å². The molecule has 142 valence electrons. The van der Waals surface area contributed by atoms with Gasteiger partial charge in [-0.2, -0.15) is 5.10 Å². The summed E-state index contributed by atoms with van der Waals surface area (Å²) in [7, 11) is -2.39. The molecule has 0 saturated heterocycles. The Morgan fingerprint density at radius 3 is 2.74 bits per heavy atom. The van der Waals surface area contributed by atoms with Gasteiger partial charge in [0.15, 0.2) is 5.76 Å². The molecule has 0 fully saturated rings. The summed E-state index contributed by atoms with van der Waals surface area (Å²) < 4.78 is 39.2. The molecule has 0 aliphatic carbocycles. The minimum atomic E-state index is -3.80. The van der Waals surface area contributed by atoms with Crippen molar-refractivity contribution in [1.82, 2.24) is 14.5 Å². The van der Waals surface area contributed by atoms with Gasteiger partial charge < -0.3 is 9.15 Å². The first-order valence-corrected chi connectivity index (χ1v) is 9.65. The van der Waals surface area contributed by atoms with Crippen LogP contribution in [0.25, 0.3) is 11.5 Å². The summed E-state index contributed by atoms with van der Waals surface area (Å²) in [6, 6.07) is 11.3. The van der Waals surface area contributed by atoms with Crippen LogP contribution in [0, 0.1) is 6.92 Å². The minimum absolute atomic E-state index is 0.00601. The molecule has 2 heterocycles. The fraction of sp³-hybridized carbons (Fsp3) is 0.222. The summed E-state index contributed by atoms with van der Waals surface area (Å²) in [5.74, 6) is 0.775. The lowest BCUT2D eigenvalue weighted by atomic mass is 10.2. The second kappa shape index (κ2) is 7.77. The molecule has 0 amide bonds. The molecule has 8 nitrogen and oxygen atoms in total. The van der Waals surface area contributed by atoms with Gasteiger partial charge in [-0.05, 0) is 42.8 Å². The maximum absolute atomic E-state index is 12.6. The zero-order valence-corrected chi connectivity index (χ0v) is 15.7. The molecule has 1 N–H and O–H groups in total. The fourth-order valence-electron chi connectivity index (χ4n) is 2.52. The zero-order chi connectivity index (χ0) is 19.4. The number of nitrogens with one attached hydrogen (secondary N) is 1. The summed E-state index contributed by atoms with van der Waals surface area (Å²) in [5.41, 5.74) is 0.945. The predicted molar refractivity (Wildman–Crippen MR) is 99.1 cm³/mol. The van der Waals surface area contributed by atoms with E-state index < -0.39 is 10.0 Å². The second-order valence-electron chi connectivity index (χ2n) is 5.81. The third kappa shape index (κ3) is 4.26. The summed E-state index contributed by atoms with van der Waals surface area (Å²) in [6.07, 6.45) is 1.51. The first-order chi connectivity index (χ1) is 12.9. The first-order valence-electron chi connectivity index (χ1n) is 8.17. The molecular weight excluding hydrogens is 370 g/mol. The Hall–Kier alpha value is -2.91. The molecule has 0 saturated carbocycles. The van der Waals surface area contributed by atoms with E-state index in [2.05, 4.69) is 9.82 Å². The normalized spacial score (nSPS) is 11.5. The highest BCUT2D eigenvalue weighted by molar-refractivity contribution is 7.89. The lowest BCUT2D eigenvalue weighted by Gasteiger charge is -2.12. The van der Waals surface area contributed by atoms with Gasteiger partial charge in [-0.1, -0.05) is 6.07 Å². The molecule has 1 aromatic carbocycles. The number of rotatable bonds is 7. The molecular formula is C18H19N3O5S. The van der Waals surface area contributed by atoms with Crippen LogP contribution in [0.3, 0.4) is 0 Å². The van der Waals surface area contributed by atoms with Crippen LogP contribution in [0.5, 0.6) is 5.75 Å². The number of furan rings is 1. The first kappa shape index (κ1) is 18.9. The van der Waals surface area contributed by atoms with Gasteiger partial charge in [-0.25, -0.2) is 17.8 Å². The average Bonchev–Trinajstić information content (AvgIpc) is 3.18. The number of aromatic nitrogens is 2. The third-order valence-electron chi connectivity index (χ3n) is 3.86. The molecule has 2 aromatic heterocycles.